The van der Waals surface area contributed by atoms with Crippen molar-refractivity contribution in [2.45, 2.75) is 51.9 Å². The van der Waals surface area contributed by atoms with E-state index < -0.39 is 11.9 Å². The van der Waals surface area contributed by atoms with Crippen molar-refractivity contribution in [1.29, 1.82) is 0 Å². The number of hydrogen-bond acceptors (Lipinski definition) is 4. The Labute approximate surface area is 149 Å². The lowest BCUT2D eigenvalue weighted by Crippen LogP contribution is -2.10. The summed E-state index contributed by atoms with van der Waals surface area (Å²) in [6.07, 6.45) is 8.18. The molecule has 0 fully saturated rings. The van der Waals surface area contributed by atoms with Gasteiger partial charge in [0.05, 0.1) is 23.6 Å². The van der Waals surface area contributed by atoms with Gasteiger partial charge in [-0.15, -0.1) is 11.6 Å². The third-order valence-corrected chi connectivity index (χ3v) is 3.78. The molecule has 0 saturated carbocycles. The molecule has 0 saturated heterocycles. The monoisotopic (exact) mass is 354 g/mol. The van der Waals surface area contributed by atoms with E-state index in [-0.39, 0.29) is 12.5 Å². The van der Waals surface area contributed by atoms with Crippen molar-refractivity contribution in [1.82, 2.24) is 0 Å². The molecule has 0 aliphatic carbocycles. The molecule has 0 aromatic heterocycles. The predicted octanol–water partition coefficient (Wildman–Crippen LogP) is 4.99. The minimum absolute atomic E-state index is 0.146. The Hall–Kier alpha value is -1.55. The van der Waals surface area contributed by atoms with Crippen molar-refractivity contribution in [3.05, 3.63) is 35.4 Å². The van der Waals surface area contributed by atoms with Crippen molar-refractivity contribution in [2.24, 2.45) is 0 Å². The van der Waals surface area contributed by atoms with Crippen LogP contribution in [0, 0.1) is 0 Å². The van der Waals surface area contributed by atoms with Gasteiger partial charge in [-0.3, -0.25) is 0 Å². The smallest absolute Gasteiger partial charge is 0.338 e. The fourth-order valence-corrected chi connectivity index (χ4v) is 2.37. The number of ether oxygens (including phenoxy) is 2. The van der Waals surface area contributed by atoms with Crippen LogP contribution in [0.3, 0.4) is 0 Å². The minimum atomic E-state index is -0.489. The van der Waals surface area contributed by atoms with Gasteiger partial charge in [0.25, 0.3) is 0 Å². The highest BCUT2D eigenvalue weighted by Crippen LogP contribution is 2.10. The van der Waals surface area contributed by atoms with Crippen LogP contribution in [0.5, 0.6) is 0 Å². The summed E-state index contributed by atoms with van der Waals surface area (Å²) < 4.78 is 10.2. The summed E-state index contributed by atoms with van der Waals surface area (Å²) in [6.45, 7) is 2.76. The van der Waals surface area contributed by atoms with Gasteiger partial charge in [-0.2, -0.15) is 0 Å². The van der Waals surface area contributed by atoms with Crippen molar-refractivity contribution >= 4 is 23.5 Å². The lowest BCUT2D eigenvalue weighted by molar-refractivity contribution is 0.0497. The molecule has 0 atom stereocenters. The first-order valence-corrected chi connectivity index (χ1v) is 9.22. The highest BCUT2D eigenvalue weighted by Gasteiger charge is 2.12. The maximum Gasteiger partial charge on any atom is 0.338 e. The minimum Gasteiger partial charge on any atom is -0.462 e. The molecule has 134 valence electrons. The predicted molar refractivity (Wildman–Crippen MR) is 95.7 cm³/mol. The molecule has 0 bridgehead atoms. The Kier molecular flexibility index (Phi) is 10.9. The van der Waals surface area contributed by atoms with Crippen molar-refractivity contribution in [2.75, 3.05) is 19.1 Å². The van der Waals surface area contributed by atoms with Crippen LogP contribution in [0.25, 0.3) is 0 Å². The van der Waals surface area contributed by atoms with E-state index in [4.69, 9.17) is 21.1 Å². The first-order valence-electron chi connectivity index (χ1n) is 8.69. The van der Waals surface area contributed by atoms with Gasteiger partial charge < -0.3 is 9.47 Å². The standard InChI is InChI=1S/C19H27ClO4/c1-2-3-4-5-6-7-8-13-23-18(21)16-10-9-11-17(15-16)19(22)24-14-12-20/h9-11,15H,2-8,12-14H2,1H3. The summed E-state index contributed by atoms with van der Waals surface area (Å²) in [5, 5.41) is 0. The Bertz CT molecular complexity index is 502. The van der Waals surface area contributed by atoms with Crippen LogP contribution < -0.4 is 0 Å². The zero-order valence-corrected chi connectivity index (χ0v) is 15.1. The van der Waals surface area contributed by atoms with E-state index in [0.717, 1.165) is 12.8 Å². The number of esters is 2. The number of carbonyl (C=O) groups excluding carboxylic acids is 2. The van der Waals surface area contributed by atoms with Crippen LogP contribution in [0.4, 0.5) is 0 Å². The quantitative estimate of drug-likeness (QED) is 0.301. The molecule has 0 spiro atoms. The molecule has 0 radical (unpaired) electrons. The average Bonchev–Trinajstić information content (AvgIpc) is 2.61. The molecule has 0 heterocycles. The Morgan fingerprint density at radius 3 is 2.00 bits per heavy atom. The van der Waals surface area contributed by atoms with Crippen LogP contribution in [0.2, 0.25) is 0 Å². The van der Waals surface area contributed by atoms with E-state index in [1.54, 1.807) is 18.2 Å². The number of carbonyl (C=O) groups is 2. The lowest BCUT2D eigenvalue weighted by Gasteiger charge is -2.07. The maximum absolute atomic E-state index is 12.0. The number of benzene rings is 1. The van der Waals surface area contributed by atoms with Crippen LogP contribution in [0.1, 0.15) is 72.6 Å². The van der Waals surface area contributed by atoms with Crippen LogP contribution in [0.15, 0.2) is 24.3 Å². The topological polar surface area (TPSA) is 52.6 Å². The Balaban J connectivity index is 2.31. The van der Waals surface area contributed by atoms with Gasteiger partial charge >= 0.3 is 11.9 Å². The maximum atomic E-state index is 12.0. The molecule has 4 nitrogen and oxygen atoms in total. The summed E-state index contributed by atoms with van der Waals surface area (Å²) in [5.41, 5.74) is 0.684. The average molecular weight is 355 g/mol. The molecule has 0 N–H and O–H groups in total. The molecular formula is C19H27ClO4. The lowest BCUT2D eigenvalue weighted by atomic mass is 10.1. The van der Waals surface area contributed by atoms with Crippen molar-refractivity contribution in [3.63, 3.8) is 0 Å². The third-order valence-electron chi connectivity index (χ3n) is 3.63. The molecule has 0 unspecified atom stereocenters. The second-order valence-electron chi connectivity index (χ2n) is 5.66. The van der Waals surface area contributed by atoms with E-state index in [1.165, 1.54) is 38.2 Å². The van der Waals surface area contributed by atoms with E-state index >= 15 is 0 Å². The van der Waals surface area contributed by atoms with Crippen molar-refractivity contribution < 1.29 is 19.1 Å². The van der Waals surface area contributed by atoms with Gasteiger partial charge in [-0.25, -0.2) is 9.59 Å². The highest BCUT2D eigenvalue weighted by atomic mass is 35.5. The van der Waals surface area contributed by atoms with Gasteiger partial charge in [0, 0.05) is 0 Å². The number of halogens is 1. The fraction of sp³-hybridized carbons (Fsp3) is 0.579. The molecule has 24 heavy (non-hydrogen) atoms. The van der Waals surface area contributed by atoms with Crippen LogP contribution in [-0.4, -0.2) is 31.0 Å². The van der Waals surface area contributed by atoms with E-state index in [9.17, 15) is 9.59 Å². The molecule has 5 heteroatoms. The zero-order chi connectivity index (χ0) is 17.6. The second-order valence-corrected chi connectivity index (χ2v) is 6.04. The Morgan fingerprint density at radius 1 is 0.875 bits per heavy atom. The normalized spacial score (nSPS) is 10.4. The summed E-state index contributed by atoms with van der Waals surface area (Å²) in [5.74, 6) is -0.656. The van der Waals surface area contributed by atoms with E-state index in [2.05, 4.69) is 6.92 Å². The molecule has 1 aromatic carbocycles. The van der Waals surface area contributed by atoms with Gasteiger partial charge in [0.1, 0.15) is 6.61 Å². The molecule has 1 aromatic rings. The highest BCUT2D eigenvalue weighted by molar-refractivity contribution is 6.18. The number of hydrogen-bond donors (Lipinski definition) is 0. The van der Waals surface area contributed by atoms with Crippen molar-refractivity contribution in [3.8, 4) is 0 Å². The van der Waals surface area contributed by atoms with Crippen LogP contribution >= 0.6 is 11.6 Å². The first-order chi connectivity index (χ1) is 11.7. The summed E-state index contributed by atoms with van der Waals surface area (Å²) in [6, 6.07) is 6.36. The SMILES string of the molecule is CCCCCCCCCOC(=O)c1cccc(C(=O)OCCCl)c1. The summed E-state index contributed by atoms with van der Waals surface area (Å²) >= 11 is 5.48. The molecule has 0 aliphatic heterocycles. The number of alkyl halides is 1. The number of rotatable bonds is 12. The zero-order valence-electron chi connectivity index (χ0n) is 14.4. The molecule has 0 amide bonds. The number of unbranched alkanes of at least 4 members (excludes halogenated alkanes) is 6. The summed E-state index contributed by atoms with van der Waals surface area (Å²) in [4.78, 5) is 23.8. The molecule has 1 rings (SSSR count). The molecule has 0 aliphatic rings. The van der Waals surface area contributed by atoms with Gasteiger partial charge in [0.2, 0.25) is 0 Å². The first kappa shape index (κ1) is 20.5. The van der Waals surface area contributed by atoms with Gasteiger partial charge in [0.15, 0.2) is 0 Å². The Morgan fingerprint density at radius 2 is 1.42 bits per heavy atom. The molecular weight excluding hydrogens is 328 g/mol. The van der Waals surface area contributed by atoms with E-state index in [1.807, 2.05) is 0 Å². The summed E-state index contributed by atoms with van der Waals surface area (Å²) in [7, 11) is 0. The van der Waals surface area contributed by atoms with Gasteiger partial charge in [-0.1, -0.05) is 51.5 Å². The van der Waals surface area contributed by atoms with Gasteiger partial charge in [-0.05, 0) is 24.6 Å². The largest absolute Gasteiger partial charge is 0.462 e. The fourth-order valence-electron chi connectivity index (χ4n) is 2.30. The van der Waals surface area contributed by atoms with E-state index in [0.29, 0.717) is 17.7 Å². The third kappa shape index (κ3) is 8.34. The van der Waals surface area contributed by atoms with Crippen LogP contribution in [-0.2, 0) is 9.47 Å². The second kappa shape index (κ2) is 12.8.